The van der Waals surface area contributed by atoms with Crippen molar-refractivity contribution in [2.24, 2.45) is 5.92 Å². The first kappa shape index (κ1) is 14.4. The highest BCUT2D eigenvalue weighted by atomic mass is 16.5. The van der Waals surface area contributed by atoms with E-state index in [1.165, 1.54) is 0 Å². The molecule has 2 aromatic carbocycles. The molecule has 0 bridgehead atoms. The lowest BCUT2D eigenvalue weighted by atomic mass is 9.96. The quantitative estimate of drug-likeness (QED) is 0.942. The smallest absolute Gasteiger partial charge is 0.231 e. The Labute approximate surface area is 130 Å². The minimum atomic E-state index is -0.190. The van der Waals surface area contributed by atoms with Gasteiger partial charge in [-0.15, -0.1) is 0 Å². The van der Waals surface area contributed by atoms with Crippen LogP contribution in [0.25, 0.3) is 0 Å². The van der Waals surface area contributed by atoms with Crippen LogP contribution in [0.5, 0.6) is 11.5 Å². The summed E-state index contributed by atoms with van der Waals surface area (Å²) in [5.74, 6) is 1.34. The third kappa shape index (κ3) is 3.06. The van der Waals surface area contributed by atoms with Crippen molar-refractivity contribution in [2.45, 2.75) is 13.3 Å². The molecule has 1 aliphatic heterocycles. The highest BCUT2D eigenvalue weighted by molar-refractivity contribution is 5.94. The van der Waals surface area contributed by atoms with Crippen LogP contribution >= 0.6 is 0 Å². The van der Waals surface area contributed by atoms with Gasteiger partial charge in [0, 0.05) is 0 Å². The van der Waals surface area contributed by atoms with Crippen molar-refractivity contribution < 1.29 is 14.3 Å². The molecule has 1 heterocycles. The maximum absolute atomic E-state index is 12.5. The first-order valence-electron chi connectivity index (χ1n) is 7.51. The van der Waals surface area contributed by atoms with Gasteiger partial charge in [0.25, 0.3) is 0 Å². The lowest BCUT2D eigenvalue weighted by Crippen LogP contribution is -2.32. The summed E-state index contributed by atoms with van der Waals surface area (Å²) < 4.78 is 11.2. The number of hydrogen-bond acceptors (Lipinski definition) is 3. The number of amides is 1. The summed E-state index contributed by atoms with van der Waals surface area (Å²) in [7, 11) is 0. The SMILES string of the molecule is CCOc1ccccc1NC(=O)[C@H]1COc2ccccc2C1. The highest BCUT2D eigenvalue weighted by Gasteiger charge is 2.26. The molecule has 1 N–H and O–H groups in total. The zero-order chi connectivity index (χ0) is 15.4. The first-order valence-corrected chi connectivity index (χ1v) is 7.51. The summed E-state index contributed by atoms with van der Waals surface area (Å²) in [4.78, 5) is 12.5. The highest BCUT2D eigenvalue weighted by Crippen LogP contribution is 2.29. The fourth-order valence-corrected chi connectivity index (χ4v) is 2.58. The Morgan fingerprint density at radius 2 is 2.00 bits per heavy atom. The Bertz CT molecular complexity index is 669. The Hall–Kier alpha value is -2.49. The maximum atomic E-state index is 12.5. The molecular weight excluding hydrogens is 278 g/mol. The molecule has 4 nitrogen and oxygen atoms in total. The van der Waals surface area contributed by atoms with Gasteiger partial charge in [0.05, 0.1) is 18.2 Å². The van der Waals surface area contributed by atoms with Crippen LogP contribution in [0.4, 0.5) is 5.69 Å². The lowest BCUT2D eigenvalue weighted by molar-refractivity contribution is -0.121. The van der Waals surface area contributed by atoms with Crippen molar-refractivity contribution in [2.75, 3.05) is 18.5 Å². The molecule has 3 rings (SSSR count). The van der Waals surface area contributed by atoms with Gasteiger partial charge < -0.3 is 14.8 Å². The summed E-state index contributed by atoms with van der Waals surface area (Å²) in [6.45, 7) is 2.89. The van der Waals surface area contributed by atoms with Crippen LogP contribution in [0.3, 0.4) is 0 Å². The lowest BCUT2D eigenvalue weighted by Gasteiger charge is -2.24. The predicted molar refractivity (Wildman–Crippen MR) is 85.4 cm³/mol. The number of benzene rings is 2. The molecule has 2 aromatic rings. The van der Waals surface area contributed by atoms with Crippen molar-refractivity contribution in [1.29, 1.82) is 0 Å². The van der Waals surface area contributed by atoms with Gasteiger partial charge in [0.1, 0.15) is 18.1 Å². The minimum Gasteiger partial charge on any atom is -0.492 e. The van der Waals surface area contributed by atoms with E-state index >= 15 is 0 Å². The van der Waals surface area contributed by atoms with Crippen molar-refractivity contribution in [1.82, 2.24) is 0 Å². The summed E-state index contributed by atoms with van der Waals surface area (Å²) >= 11 is 0. The molecule has 0 fully saturated rings. The number of rotatable bonds is 4. The van der Waals surface area contributed by atoms with Gasteiger partial charge in [-0.25, -0.2) is 0 Å². The summed E-state index contributed by atoms with van der Waals surface area (Å²) in [5, 5.41) is 2.95. The molecule has 0 radical (unpaired) electrons. The number of nitrogens with one attached hydrogen (secondary N) is 1. The van der Waals surface area contributed by atoms with Crippen molar-refractivity contribution in [3.8, 4) is 11.5 Å². The molecule has 1 aliphatic rings. The zero-order valence-electron chi connectivity index (χ0n) is 12.5. The van der Waals surface area contributed by atoms with Crippen LogP contribution in [0.2, 0.25) is 0 Å². The van der Waals surface area contributed by atoms with Crippen LogP contribution in [0, 0.1) is 5.92 Å². The van der Waals surface area contributed by atoms with E-state index in [1.807, 2.05) is 55.5 Å². The molecule has 0 spiro atoms. The predicted octanol–water partition coefficient (Wildman–Crippen LogP) is 3.28. The molecule has 114 valence electrons. The summed E-state index contributed by atoms with van der Waals surface area (Å²) in [6, 6.07) is 15.3. The summed E-state index contributed by atoms with van der Waals surface area (Å²) in [6.07, 6.45) is 0.693. The van der Waals surface area contributed by atoms with E-state index in [-0.39, 0.29) is 11.8 Å². The number of fused-ring (bicyclic) bond motifs is 1. The van der Waals surface area contributed by atoms with E-state index in [0.717, 1.165) is 11.3 Å². The van der Waals surface area contributed by atoms with Crippen LogP contribution in [0.15, 0.2) is 48.5 Å². The summed E-state index contributed by atoms with van der Waals surface area (Å²) in [5.41, 5.74) is 1.78. The number of hydrogen-bond donors (Lipinski definition) is 1. The molecule has 22 heavy (non-hydrogen) atoms. The molecule has 0 aliphatic carbocycles. The number of para-hydroxylation sites is 3. The Morgan fingerprint density at radius 1 is 1.23 bits per heavy atom. The number of ether oxygens (including phenoxy) is 2. The largest absolute Gasteiger partial charge is 0.492 e. The van der Waals surface area contributed by atoms with E-state index < -0.39 is 0 Å². The molecule has 4 heteroatoms. The van der Waals surface area contributed by atoms with Gasteiger partial charge in [-0.3, -0.25) is 4.79 Å². The average Bonchev–Trinajstić information content (AvgIpc) is 2.56. The normalized spacial score (nSPS) is 16.3. The maximum Gasteiger partial charge on any atom is 0.231 e. The Morgan fingerprint density at radius 3 is 2.86 bits per heavy atom. The van der Waals surface area contributed by atoms with Gasteiger partial charge in [-0.05, 0) is 37.1 Å². The zero-order valence-corrected chi connectivity index (χ0v) is 12.5. The van der Waals surface area contributed by atoms with E-state index in [1.54, 1.807) is 0 Å². The molecule has 0 saturated carbocycles. The van der Waals surface area contributed by atoms with Gasteiger partial charge in [-0.1, -0.05) is 30.3 Å². The van der Waals surface area contributed by atoms with Crippen LogP contribution < -0.4 is 14.8 Å². The topological polar surface area (TPSA) is 47.6 Å². The Balaban J connectivity index is 1.71. The van der Waals surface area contributed by atoms with Crippen molar-refractivity contribution in [3.63, 3.8) is 0 Å². The van der Waals surface area contributed by atoms with Gasteiger partial charge >= 0.3 is 0 Å². The molecule has 1 atom stereocenters. The third-order valence-electron chi connectivity index (χ3n) is 3.69. The number of carbonyl (C=O) groups excluding carboxylic acids is 1. The second kappa shape index (κ2) is 6.52. The average molecular weight is 297 g/mol. The number of anilines is 1. The molecular formula is C18H19NO3. The second-order valence-electron chi connectivity index (χ2n) is 5.24. The Kier molecular flexibility index (Phi) is 4.28. The van der Waals surface area contributed by atoms with Crippen LogP contribution in [-0.4, -0.2) is 19.1 Å². The standard InChI is InChI=1S/C18H19NO3/c1-2-21-17-10-6-4-8-15(17)19-18(20)14-11-13-7-3-5-9-16(13)22-12-14/h3-10,14H,2,11-12H2,1H3,(H,19,20)/t14-/m1/s1. The van der Waals surface area contributed by atoms with E-state index in [4.69, 9.17) is 9.47 Å². The van der Waals surface area contributed by atoms with Crippen molar-refractivity contribution >= 4 is 11.6 Å². The molecule has 0 saturated heterocycles. The second-order valence-corrected chi connectivity index (χ2v) is 5.24. The third-order valence-corrected chi connectivity index (χ3v) is 3.69. The van der Waals surface area contributed by atoms with Gasteiger partial charge in [0.2, 0.25) is 5.91 Å². The minimum absolute atomic E-state index is 0.0401. The molecule has 0 aromatic heterocycles. The van der Waals surface area contributed by atoms with Gasteiger partial charge in [0.15, 0.2) is 0 Å². The van der Waals surface area contributed by atoms with Crippen LogP contribution in [0.1, 0.15) is 12.5 Å². The fourth-order valence-electron chi connectivity index (χ4n) is 2.58. The fraction of sp³-hybridized carbons (Fsp3) is 0.278. The first-order chi connectivity index (χ1) is 10.8. The molecule has 1 amide bonds. The van der Waals surface area contributed by atoms with Crippen LogP contribution in [-0.2, 0) is 11.2 Å². The van der Waals surface area contributed by atoms with Gasteiger partial charge in [-0.2, -0.15) is 0 Å². The number of carbonyl (C=O) groups is 1. The monoisotopic (exact) mass is 297 g/mol. The van der Waals surface area contributed by atoms with E-state index in [9.17, 15) is 4.79 Å². The van der Waals surface area contributed by atoms with E-state index in [2.05, 4.69) is 5.32 Å². The molecule has 0 unspecified atom stereocenters. The van der Waals surface area contributed by atoms with Crippen molar-refractivity contribution in [3.05, 3.63) is 54.1 Å². The van der Waals surface area contributed by atoms with E-state index in [0.29, 0.717) is 31.1 Å².